The Morgan fingerprint density at radius 2 is 2.53 bits per heavy atom. The molecule has 92 valence electrons. The summed E-state index contributed by atoms with van der Waals surface area (Å²) in [7, 11) is 0. The topological polar surface area (TPSA) is 77.2 Å². The summed E-state index contributed by atoms with van der Waals surface area (Å²) in [6, 6.07) is -0.0174. The zero-order valence-electron chi connectivity index (χ0n) is 9.55. The molecule has 1 aromatic heterocycles. The first-order valence-corrected chi connectivity index (χ1v) is 6.64. The van der Waals surface area contributed by atoms with Crippen LogP contribution in [0.1, 0.15) is 21.8 Å². The van der Waals surface area contributed by atoms with Crippen molar-refractivity contribution < 1.29 is 9.53 Å². The molecule has 2 heterocycles. The van der Waals surface area contributed by atoms with Crippen molar-refractivity contribution in [3.05, 3.63) is 16.1 Å². The lowest BCUT2D eigenvalue weighted by molar-refractivity contribution is -0.0160. The lowest BCUT2D eigenvalue weighted by Crippen LogP contribution is -2.68. The molecule has 1 amide bonds. The number of carbonyl (C=O) groups excluding carboxylic acids is 1. The average Bonchev–Trinajstić information content (AvgIpc) is 2.91. The number of aromatic nitrogens is 1. The van der Waals surface area contributed by atoms with Gasteiger partial charge in [-0.05, 0) is 13.3 Å². The molecule has 4 atom stereocenters. The van der Waals surface area contributed by atoms with Crippen molar-refractivity contribution in [1.82, 2.24) is 10.3 Å². The first kappa shape index (κ1) is 11.1. The number of ether oxygens (including phenoxy) is 1. The molecule has 2 aliphatic rings. The summed E-state index contributed by atoms with van der Waals surface area (Å²) < 4.78 is 5.58. The predicted molar refractivity (Wildman–Crippen MR) is 63.9 cm³/mol. The summed E-state index contributed by atoms with van der Waals surface area (Å²) in [6.45, 7) is 2.59. The smallest absolute Gasteiger partial charge is 0.263 e. The van der Waals surface area contributed by atoms with Gasteiger partial charge in [-0.15, -0.1) is 11.3 Å². The molecule has 6 heteroatoms. The van der Waals surface area contributed by atoms with E-state index in [1.165, 1.54) is 11.3 Å². The van der Waals surface area contributed by atoms with Crippen molar-refractivity contribution in [2.75, 3.05) is 6.61 Å². The lowest BCUT2D eigenvalue weighted by Gasteiger charge is -2.45. The molecule has 4 unspecified atom stereocenters. The summed E-state index contributed by atoms with van der Waals surface area (Å²) in [5.41, 5.74) is 8.49. The van der Waals surface area contributed by atoms with Gasteiger partial charge in [0.05, 0.1) is 23.4 Å². The van der Waals surface area contributed by atoms with Gasteiger partial charge in [-0.1, -0.05) is 0 Å². The number of fused-ring (bicyclic) bond motifs is 1. The van der Waals surface area contributed by atoms with Crippen molar-refractivity contribution in [3.63, 3.8) is 0 Å². The first-order valence-electron chi connectivity index (χ1n) is 5.76. The molecule has 1 saturated heterocycles. The van der Waals surface area contributed by atoms with Crippen LogP contribution in [0, 0.1) is 12.8 Å². The molecule has 1 saturated carbocycles. The van der Waals surface area contributed by atoms with Gasteiger partial charge < -0.3 is 15.8 Å². The molecule has 1 aliphatic heterocycles. The van der Waals surface area contributed by atoms with Crippen LogP contribution in [0.5, 0.6) is 0 Å². The number of amides is 1. The number of hydrogen-bond acceptors (Lipinski definition) is 5. The van der Waals surface area contributed by atoms with Crippen molar-refractivity contribution in [3.8, 4) is 0 Å². The Labute approximate surface area is 103 Å². The normalized spacial score (nSPS) is 35.2. The van der Waals surface area contributed by atoms with Gasteiger partial charge >= 0.3 is 0 Å². The second kappa shape index (κ2) is 4.04. The van der Waals surface area contributed by atoms with Crippen LogP contribution in [-0.4, -0.2) is 35.7 Å². The average molecular weight is 253 g/mol. The van der Waals surface area contributed by atoms with E-state index in [1.807, 2.05) is 6.92 Å². The maximum absolute atomic E-state index is 12.0. The molecule has 0 aromatic carbocycles. The minimum absolute atomic E-state index is 0.0275. The summed E-state index contributed by atoms with van der Waals surface area (Å²) in [6.07, 6.45) is 1.12. The van der Waals surface area contributed by atoms with Crippen molar-refractivity contribution in [2.24, 2.45) is 11.7 Å². The van der Waals surface area contributed by atoms with E-state index >= 15 is 0 Å². The zero-order valence-corrected chi connectivity index (χ0v) is 10.4. The van der Waals surface area contributed by atoms with E-state index in [9.17, 15) is 4.79 Å². The molecule has 0 spiro atoms. The molecule has 1 aromatic rings. The van der Waals surface area contributed by atoms with Crippen molar-refractivity contribution in [2.45, 2.75) is 31.5 Å². The molecule has 17 heavy (non-hydrogen) atoms. The zero-order chi connectivity index (χ0) is 12.0. The van der Waals surface area contributed by atoms with Gasteiger partial charge in [-0.2, -0.15) is 0 Å². The Morgan fingerprint density at radius 1 is 1.71 bits per heavy atom. The van der Waals surface area contributed by atoms with Crippen LogP contribution in [0.15, 0.2) is 5.51 Å². The molecule has 3 N–H and O–H groups in total. The molecule has 2 fully saturated rings. The summed E-state index contributed by atoms with van der Waals surface area (Å²) >= 11 is 1.36. The second-order valence-corrected chi connectivity index (χ2v) is 5.49. The van der Waals surface area contributed by atoms with Crippen molar-refractivity contribution in [1.29, 1.82) is 0 Å². The Bertz CT molecular complexity index is 448. The van der Waals surface area contributed by atoms with E-state index in [2.05, 4.69) is 10.3 Å². The fourth-order valence-electron chi connectivity index (χ4n) is 2.66. The van der Waals surface area contributed by atoms with Crippen LogP contribution >= 0.6 is 11.3 Å². The van der Waals surface area contributed by atoms with Crippen LogP contribution < -0.4 is 11.1 Å². The lowest BCUT2D eigenvalue weighted by atomic mass is 9.72. The van der Waals surface area contributed by atoms with E-state index in [1.54, 1.807) is 5.51 Å². The minimum atomic E-state index is -0.0839. The molecular weight excluding hydrogens is 238 g/mol. The largest absolute Gasteiger partial charge is 0.376 e. The number of hydrogen-bond donors (Lipinski definition) is 2. The maximum Gasteiger partial charge on any atom is 0.263 e. The van der Waals surface area contributed by atoms with E-state index in [4.69, 9.17) is 10.5 Å². The highest BCUT2D eigenvalue weighted by Gasteiger charge is 2.52. The van der Waals surface area contributed by atoms with Gasteiger partial charge in [0.15, 0.2) is 0 Å². The fraction of sp³-hybridized carbons (Fsp3) is 0.636. The molecule has 5 nitrogen and oxygen atoms in total. The summed E-state index contributed by atoms with van der Waals surface area (Å²) in [4.78, 5) is 16.7. The number of nitrogens with zero attached hydrogens (tertiary/aromatic N) is 1. The number of rotatable bonds is 2. The number of aryl methyl sites for hydroxylation is 1. The predicted octanol–water partition coefficient (Wildman–Crippen LogP) is 0.296. The van der Waals surface area contributed by atoms with E-state index in [0.29, 0.717) is 10.8 Å². The number of carbonyl (C=O) groups is 1. The van der Waals surface area contributed by atoms with Gasteiger partial charge in [0.2, 0.25) is 0 Å². The van der Waals surface area contributed by atoms with Gasteiger partial charge in [0, 0.05) is 18.6 Å². The maximum atomic E-state index is 12.0. The SMILES string of the molecule is Cc1ncsc1C(=O)NC1C(N)C2CCOC21. The van der Waals surface area contributed by atoms with E-state index in [0.717, 1.165) is 18.7 Å². The number of nitrogens with two attached hydrogens (primary N) is 1. The van der Waals surface area contributed by atoms with Crippen LogP contribution in [0.3, 0.4) is 0 Å². The third kappa shape index (κ3) is 1.67. The van der Waals surface area contributed by atoms with Crippen LogP contribution in [0.2, 0.25) is 0 Å². The Hall–Kier alpha value is -0.980. The highest BCUT2D eigenvalue weighted by molar-refractivity contribution is 7.11. The molecule has 3 rings (SSSR count). The number of nitrogens with one attached hydrogen (secondary N) is 1. The monoisotopic (exact) mass is 253 g/mol. The van der Waals surface area contributed by atoms with Crippen LogP contribution in [0.25, 0.3) is 0 Å². The van der Waals surface area contributed by atoms with Gasteiger partial charge in [0.25, 0.3) is 5.91 Å². The van der Waals surface area contributed by atoms with Crippen LogP contribution in [0.4, 0.5) is 0 Å². The Balaban J connectivity index is 1.68. The van der Waals surface area contributed by atoms with Gasteiger partial charge in [-0.25, -0.2) is 4.98 Å². The van der Waals surface area contributed by atoms with Crippen molar-refractivity contribution >= 4 is 17.2 Å². The molecular formula is C11H15N3O2S. The summed E-state index contributed by atoms with van der Waals surface area (Å²) in [5.74, 6) is 0.335. The molecule has 0 radical (unpaired) electrons. The molecule has 0 bridgehead atoms. The quantitative estimate of drug-likeness (QED) is 0.794. The Kier molecular flexibility index (Phi) is 2.65. The highest BCUT2D eigenvalue weighted by atomic mass is 32.1. The minimum Gasteiger partial charge on any atom is -0.376 e. The van der Waals surface area contributed by atoms with E-state index < -0.39 is 0 Å². The first-order chi connectivity index (χ1) is 8.18. The standard InChI is InChI=1S/C11H15N3O2S/c1-5-10(17-4-13-5)11(15)14-8-7(12)6-2-3-16-9(6)8/h4,6-9H,2-3,12H2,1H3,(H,14,15). The summed E-state index contributed by atoms with van der Waals surface area (Å²) in [5, 5.41) is 2.96. The van der Waals surface area contributed by atoms with Crippen LogP contribution in [-0.2, 0) is 4.74 Å². The highest BCUT2D eigenvalue weighted by Crippen LogP contribution is 2.37. The van der Waals surface area contributed by atoms with Gasteiger partial charge in [0.1, 0.15) is 4.88 Å². The third-order valence-corrected chi connectivity index (χ3v) is 4.62. The third-order valence-electron chi connectivity index (χ3n) is 3.70. The second-order valence-electron chi connectivity index (χ2n) is 4.63. The van der Waals surface area contributed by atoms with E-state index in [-0.39, 0.29) is 24.1 Å². The number of thiazole rings is 1. The van der Waals surface area contributed by atoms with Gasteiger partial charge in [-0.3, -0.25) is 4.79 Å². The Morgan fingerprint density at radius 3 is 3.24 bits per heavy atom. The fourth-order valence-corrected chi connectivity index (χ4v) is 3.37. The molecule has 1 aliphatic carbocycles.